The number of para-hydroxylation sites is 2. The number of hydrogen-bond donors (Lipinski definition) is 2. The highest BCUT2D eigenvalue weighted by molar-refractivity contribution is 7.93. The number of sulfonamides is 1. The second kappa shape index (κ2) is 8.03. The molecule has 1 aliphatic heterocycles. The number of nitro benzene ring substituents is 1. The van der Waals surface area contributed by atoms with E-state index in [0.717, 1.165) is 6.07 Å². The first kappa shape index (κ1) is 19.9. The molecule has 1 fully saturated rings. The number of benzene rings is 2. The summed E-state index contributed by atoms with van der Waals surface area (Å²) in [7, 11) is -2.74. The number of aliphatic hydroxyl groups is 1. The molecule has 28 heavy (non-hydrogen) atoms. The van der Waals surface area contributed by atoms with E-state index in [0.29, 0.717) is 30.8 Å². The van der Waals surface area contributed by atoms with Crippen molar-refractivity contribution in [3.8, 4) is 5.75 Å². The molecular weight excluding hydrogens is 386 g/mol. The van der Waals surface area contributed by atoms with E-state index >= 15 is 0 Å². The maximum absolute atomic E-state index is 13.1. The van der Waals surface area contributed by atoms with Gasteiger partial charge in [-0.3, -0.25) is 14.8 Å². The summed E-state index contributed by atoms with van der Waals surface area (Å²) in [5.74, 6) is 0.325. The molecular formula is C18H21N3O6S. The average Bonchev–Trinajstić information content (AvgIpc) is 2.67. The van der Waals surface area contributed by atoms with Gasteiger partial charge in [-0.15, -0.1) is 0 Å². The van der Waals surface area contributed by atoms with Crippen LogP contribution in [0.4, 0.5) is 17.1 Å². The van der Waals surface area contributed by atoms with E-state index in [9.17, 15) is 23.6 Å². The standard InChI is InChI=1S/C18H21N3O6S/c1-27-17-7-3-2-6-15(17)19-28(25,26)18-11-13(21(23)24)8-9-16(18)20-10-4-5-14(22)12-20/h2-3,6-9,11,14,19,22H,4-5,10,12H2,1H3. The number of β-amino-alcohol motifs (C(OH)–C–C–N with tert-alkyl or cyclic N) is 1. The number of hydrogen-bond acceptors (Lipinski definition) is 7. The molecule has 1 aliphatic rings. The van der Waals surface area contributed by atoms with Crippen LogP contribution in [0.15, 0.2) is 47.4 Å². The molecule has 10 heteroatoms. The molecule has 0 bridgehead atoms. The molecule has 9 nitrogen and oxygen atoms in total. The summed E-state index contributed by atoms with van der Waals surface area (Å²) in [6.45, 7) is 0.807. The molecule has 0 radical (unpaired) electrons. The summed E-state index contributed by atoms with van der Waals surface area (Å²) < 4.78 is 33.8. The average molecular weight is 407 g/mol. The van der Waals surface area contributed by atoms with Gasteiger partial charge in [-0.05, 0) is 31.0 Å². The summed E-state index contributed by atoms with van der Waals surface area (Å²) in [6, 6.07) is 10.2. The molecule has 1 unspecified atom stereocenters. The Kier molecular flexibility index (Phi) is 5.71. The second-order valence-corrected chi connectivity index (χ2v) is 8.11. The lowest BCUT2D eigenvalue weighted by atomic mass is 10.1. The van der Waals surface area contributed by atoms with E-state index in [1.54, 1.807) is 23.1 Å². The summed E-state index contributed by atoms with van der Waals surface area (Å²) in [6.07, 6.45) is 0.740. The fourth-order valence-corrected chi connectivity index (χ4v) is 4.51. The van der Waals surface area contributed by atoms with Crippen molar-refractivity contribution in [3.05, 3.63) is 52.6 Å². The number of piperidine rings is 1. The van der Waals surface area contributed by atoms with Crippen molar-refractivity contribution in [3.63, 3.8) is 0 Å². The summed E-state index contributed by atoms with van der Waals surface area (Å²) in [4.78, 5) is 12.1. The minimum absolute atomic E-state index is 0.221. The van der Waals surface area contributed by atoms with Gasteiger partial charge in [-0.2, -0.15) is 0 Å². The van der Waals surface area contributed by atoms with Gasteiger partial charge in [0, 0.05) is 25.2 Å². The van der Waals surface area contributed by atoms with Crippen LogP contribution >= 0.6 is 0 Å². The lowest BCUT2D eigenvalue weighted by molar-refractivity contribution is -0.385. The Morgan fingerprint density at radius 1 is 1.29 bits per heavy atom. The maximum Gasteiger partial charge on any atom is 0.270 e. The third kappa shape index (κ3) is 4.18. The zero-order valence-corrected chi connectivity index (χ0v) is 16.1. The Morgan fingerprint density at radius 2 is 2.04 bits per heavy atom. The topological polar surface area (TPSA) is 122 Å². The van der Waals surface area contributed by atoms with Crippen molar-refractivity contribution in [1.29, 1.82) is 0 Å². The number of non-ortho nitro benzene ring substituents is 1. The Hall–Kier alpha value is -2.85. The first-order valence-electron chi connectivity index (χ1n) is 8.69. The SMILES string of the molecule is COc1ccccc1NS(=O)(=O)c1cc([N+](=O)[O-])ccc1N1CCCC(O)C1. The first-order chi connectivity index (χ1) is 13.3. The number of anilines is 2. The van der Waals surface area contributed by atoms with E-state index in [2.05, 4.69) is 4.72 Å². The van der Waals surface area contributed by atoms with Crippen molar-refractivity contribution < 1.29 is 23.2 Å². The molecule has 0 aliphatic carbocycles. The van der Waals surface area contributed by atoms with Crippen molar-refractivity contribution in [2.45, 2.75) is 23.8 Å². The van der Waals surface area contributed by atoms with Gasteiger partial charge in [-0.1, -0.05) is 12.1 Å². The van der Waals surface area contributed by atoms with Crippen LogP contribution < -0.4 is 14.4 Å². The molecule has 0 aromatic heterocycles. The molecule has 1 atom stereocenters. The molecule has 1 saturated heterocycles. The fraction of sp³-hybridized carbons (Fsp3) is 0.333. The van der Waals surface area contributed by atoms with Crippen molar-refractivity contribution in [1.82, 2.24) is 0 Å². The van der Waals surface area contributed by atoms with Gasteiger partial charge >= 0.3 is 0 Å². The Labute approximate surface area is 162 Å². The lowest BCUT2D eigenvalue weighted by Crippen LogP contribution is -2.39. The number of aliphatic hydroxyl groups excluding tert-OH is 1. The quantitative estimate of drug-likeness (QED) is 0.557. The van der Waals surface area contributed by atoms with Crippen LogP contribution in [0.5, 0.6) is 5.75 Å². The highest BCUT2D eigenvalue weighted by atomic mass is 32.2. The predicted octanol–water partition coefficient (Wildman–Crippen LogP) is 2.37. The Morgan fingerprint density at radius 3 is 2.71 bits per heavy atom. The second-order valence-electron chi connectivity index (χ2n) is 6.46. The summed E-state index contributed by atoms with van der Waals surface area (Å²) in [5.41, 5.74) is 0.203. The number of methoxy groups -OCH3 is 1. The summed E-state index contributed by atoms with van der Waals surface area (Å²) in [5, 5.41) is 21.1. The van der Waals surface area contributed by atoms with Gasteiger partial charge in [0.2, 0.25) is 0 Å². The normalized spacial score (nSPS) is 17.2. The van der Waals surface area contributed by atoms with E-state index in [1.807, 2.05) is 0 Å². The third-order valence-electron chi connectivity index (χ3n) is 4.53. The molecule has 150 valence electrons. The van der Waals surface area contributed by atoms with Gasteiger partial charge in [0.25, 0.3) is 15.7 Å². The number of nitro groups is 1. The molecule has 2 aromatic rings. The predicted molar refractivity (Wildman–Crippen MR) is 104 cm³/mol. The van der Waals surface area contributed by atoms with Crippen LogP contribution in [-0.4, -0.2) is 44.8 Å². The first-order valence-corrected chi connectivity index (χ1v) is 10.2. The molecule has 1 heterocycles. The van der Waals surface area contributed by atoms with Crippen LogP contribution in [0, 0.1) is 10.1 Å². The highest BCUT2D eigenvalue weighted by Crippen LogP contribution is 2.34. The summed E-state index contributed by atoms with van der Waals surface area (Å²) >= 11 is 0. The zero-order chi connectivity index (χ0) is 20.3. The number of ether oxygens (including phenoxy) is 1. The van der Waals surface area contributed by atoms with Crippen molar-refractivity contribution in [2.24, 2.45) is 0 Å². The van der Waals surface area contributed by atoms with E-state index in [4.69, 9.17) is 4.74 Å². The van der Waals surface area contributed by atoms with Crippen LogP contribution in [-0.2, 0) is 10.0 Å². The maximum atomic E-state index is 13.1. The molecule has 3 rings (SSSR count). The monoisotopic (exact) mass is 407 g/mol. The van der Waals surface area contributed by atoms with Crippen LogP contribution in [0.2, 0.25) is 0 Å². The van der Waals surface area contributed by atoms with Gasteiger partial charge in [-0.25, -0.2) is 8.42 Å². The van der Waals surface area contributed by atoms with E-state index in [-0.39, 0.29) is 22.8 Å². The van der Waals surface area contributed by atoms with E-state index in [1.165, 1.54) is 25.3 Å². The molecule has 0 saturated carbocycles. The zero-order valence-electron chi connectivity index (χ0n) is 15.2. The molecule has 0 amide bonds. The van der Waals surface area contributed by atoms with Gasteiger partial charge < -0.3 is 14.7 Å². The molecule has 2 aromatic carbocycles. The van der Waals surface area contributed by atoms with Gasteiger partial charge in [0.05, 0.1) is 29.5 Å². The molecule has 0 spiro atoms. The highest BCUT2D eigenvalue weighted by Gasteiger charge is 2.28. The van der Waals surface area contributed by atoms with Gasteiger partial charge in [0.1, 0.15) is 10.6 Å². The largest absolute Gasteiger partial charge is 0.495 e. The number of rotatable bonds is 6. The smallest absolute Gasteiger partial charge is 0.270 e. The Balaban J connectivity index is 2.06. The minimum Gasteiger partial charge on any atom is -0.495 e. The van der Waals surface area contributed by atoms with Crippen LogP contribution in [0.3, 0.4) is 0 Å². The van der Waals surface area contributed by atoms with Crippen LogP contribution in [0.25, 0.3) is 0 Å². The number of nitrogens with zero attached hydrogens (tertiary/aromatic N) is 2. The lowest BCUT2D eigenvalue weighted by Gasteiger charge is -2.33. The third-order valence-corrected chi connectivity index (χ3v) is 5.93. The van der Waals surface area contributed by atoms with Gasteiger partial charge in [0.15, 0.2) is 0 Å². The fourth-order valence-electron chi connectivity index (χ4n) is 3.20. The van der Waals surface area contributed by atoms with Crippen molar-refractivity contribution >= 4 is 27.1 Å². The molecule has 2 N–H and O–H groups in total. The Bertz CT molecular complexity index is 979. The van der Waals surface area contributed by atoms with Crippen molar-refractivity contribution in [2.75, 3.05) is 29.8 Å². The van der Waals surface area contributed by atoms with E-state index < -0.39 is 21.1 Å². The number of nitrogens with one attached hydrogen (secondary N) is 1. The minimum atomic E-state index is -4.16. The van der Waals surface area contributed by atoms with Crippen LogP contribution in [0.1, 0.15) is 12.8 Å².